The Kier molecular flexibility index (Phi) is 7.09. The van der Waals surface area contributed by atoms with Gasteiger partial charge in [0.25, 0.3) is 5.91 Å². The number of nitrogens with zero attached hydrogens (tertiary/aromatic N) is 2. The van der Waals surface area contributed by atoms with Crippen molar-refractivity contribution in [3.05, 3.63) is 77.4 Å². The van der Waals surface area contributed by atoms with E-state index in [1.165, 1.54) is 37.4 Å². The highest BCUT2D eigenvalue weighted by Gasteiger charge is 2.30. The maximum atomic E-state index is 14.4. The number of carbonyl (C=O) groups is 1. The molecule has 12 heteroatoms. The van der Waals surface area contributed by atoms with Gasteiger partial charge in [0, 0.05) is 43.1 Å². The average Bonchev–Trinajstić information content (AvgIpc) is 3.59. The lowest BCUT2D eigenvalue weighted by molar-refractivity contribution is 0.0964. The van der Waals surface area contributed by atoms with Crippen LogP contribution in [0.1, 0.15) is 41.6 Å². The van der Waals surface area contributed by atoms with E-state index in [4.69, 9.17) is 4.42 Å². The van der Waals surface area contributed by atoms with Gasteiger partial charge in [-0.1, -0.05) is 6.07 Å². The third-order valence-corrected chi connectivity index (χ3v) is 8.97. The van der Waals surface area contributed by atoms with Crippen molar-refractivity contribution in [2.24, 2.45) is 0 Å². The van der Waals surface area contributed by atoms with Crippen LogP contribution in [0.5, 0.6) is 0 Å². The minimum atomic E-state index is -3.66. The van der Waals surface area contributed by atoms with Crippen LogP contribution in [0.2, 0.25) is 0 Å². The molecule has 1 amide bonds. The van der Waals surface area contributed by atoms with Crippen molar-refractivity contribution >= 4 is 49.6 Å². The van der Waals surface area contributed by atoms with Gasteiger partial charge in [0.15, 0.2) is 5.82 Å². The number of H-pyrrole nitrogens is 1. The van der Waals surface area contributed by atoms with E-state index in [2.05, 4.69) is 20.0 Å². The van der Waals surface area contributed by atoms with Gasteiger partial charge in [-0.15, -0.1) is 0 Å². The number of aromatic nitrogens is 2. The van der Waals surface area contributed by atoms with Gasteiger partial charge in [-0.2, -0.15) is 0 Å². The predicted molar refractivity (Wildman–Crippen MR) is 158 cm³/mol. The summed E-state index contributed by atoms with van der Waals surface area (Å²) in [6.45, 7) is 2.71. The summed E-state index contributed by atoms with van der Waals surface area (Å²) in [6.07, 6.45) is 1.52. The molecule has 0 bridgehead atoms. The van der Waals surface area contributed by atoms with Crippen LogP contribution in [-0.4, -0.2) is 50.2 Å². The monoisotopic (exact) mass is 593 g/mol. The molecule has 0 saturated carbocycles. The molecule has 2 aromatic heterocycles. The van der Waals surface area contributed by atoms with E-state index in [0.29, 0.717) is 52.3 Å². The number of piperidine rings is 1. The maximum absolute atomic E-state index is 14.4. The van der Waals surface area contributed by atoms with E-state index in [0.717, 1.165) is 12.8 Å². The van der Waals surface area contributed by atoms with Gasteiger partial charge in [0.2, 0.25) is 16.0 Å². The second-order valence-corrected chi connectivity index (χ2v) is 12.3. The third kappa shape index (κ3) is 5.06. The SMILES string of the molecule is CCS(=O)(=O)Nc1cc2oc(-c3ccc(F)cc3)c(C(=O)NC)c2cc1C1CCCN(c2nc3c(F)cccc3[nH]2)C1. The second kappa shape index (κ2) is 10.8. The Labute approximate surface area is 241 Å². The van der Waals surface area contributed by atoms with Crippen LogP contribution in [0.4, 0.5) is 20.4 Å². The molecule has 6 rings (SSSR count). The summed E-state index contributed by atoms with van der Waals surface area (Å²) in [4.78, 5) is 22.8. The van der Waals surface area contributed by atoms with E-state index < -0.39 is 27.6 Å². The number of hydrogen-bond donors (Lipinski definition) is 3. The largest absolute Gasteiger partial charge is 0.455 e. The lowest BCUT2D eigenvalue weighted by atomic mass is 9.88. The van der Waals surface area contributed by atoms with Crippen molar-refractivity contribution in [2.45, 2.75) is 25.7 Å². The third-order valence-electron chi connectivity index (χ3n) is 7.68. The van der Waals surface area contributed by atoms with Gasteiger partial charge in [-0.05, 0) is 67.8 Å². The minimum Gasteiger partial charge on any atom is -0.455 e. The number of imidazole rings is 1. The summed E-state index contributed by atoms with van der Waals surface area (Å²) in [6, 6.07) is 13.8. The molecule has 3 heterocycles. The summed E-state index contributed by atoms with van der Waals surface area (Å²) in [5, 5.41) is 3.16. The number of carbonyl (C=O) groups excluding carboxylic acids is 1. The number of rotatable bonds is 7. The Morgan fingerprint density at radius 3 is 2.67 bits per heavy atom. The van der Waals surface area contributed by atoms with Gasteiger partial charge >= 0.3 is 0 Å². The average molecular weight is 594 g/mol. The van der Waals surface area contributed by atoms with Crippen LogP contribution in [0, 0.1) is 11.6 Å². The number of sulfonamides is 1. The first kappa shape index (κ1) is 27.7. The number of anilines is 2. The zero-order valence-corrected chi connectivity index (χ0v) is 23.8. The maximum Gasteiger partial charge on any atom is 0.255 e. The zero-order chi connectivity index (χ0) is 29.6. The summed E-state index contributed by atoms with van der Waals surface area (Å²) < 4.78 is 62.3. The quantitative estimate of drug-likeness (QED) is 0.221. The number of para-hydroxylation sites is 1. The van der Waals surface area contributed by atoms with E-state index in [-0.39, 0.29) is 28.5 Å². The van der Waals surface area contributed by atoms with E-state index >= 15 is 0 Å². The van der Waals surface area contributed by atoms with Crippen LogP contribution >= 0.6 is 0 Å². The first-order valence-corrected chi connectivity index (χ1v) is 15.3. The lowest BCUT2D eigenvalue weighted by Crippen LogP contribution is -2.35. The topological polar surface area (TPSA) is 120 Å². The normalized spacial score (nSPS) is 15.8. The summed E-state index contributed by atoms with van der Waals surface area (Å²) >= 11 is 0. The summed E-state index contributed by atoms with van der Waals surface area (Å²) in [7, 11) is -2.15. The van der Waals surface area contributed by atoms with E-state index in [1.807, 2.05) is 4.90 Å². The fourth-order valence-corrected chi connectivity index (χ4v) is 6.19. The molecule has 1 aliphatic heterocycles. The Balaban J connectivity index is 1.48. The van der Waals surface area contributed by atoms with Crippen molar-refractivity contribution < 1.29 is 26.4 Å². The highest BCUT2D eigenvalue weighted by molar-refractivity contribution is 7.92. The summed E-state index contributed by atoms with van der Waals surface area (Å²) in [5.41, 5.74) is 2.99. The molecule has 3 aromatic carbocycles. The molecule has 0 spiro atoms. The molecule has 1 fully saturated rings. The molecule has 218 valence electrons. The molecule has 9 nitrogen and oxygen atoms in total. The second-order valence-electron chi connectivity index (χ2n) is 10.3. The van der Waals surface area contributed by atoms with Gasteiger partial charge in [0.1, 0.15) is 22.7 Å². The number of hydrogen-bond acceptors (Lipinski definition) is 6. The van der Waals surface area contributed by atoms with Crippen LogP contribution in [0.25, 0.3) is 33.3 Å². The van der Waals surface area contributed by atoms with Gasteiger partial charge in [-0.25, -0.2) is 22.2 Å². The zero-order valence-electron chi connectivity index (χ0n) is 23.0. The predicted octanol–water partition coefficient (Wildman–Crippen LogP) is 5.76. The molecule has 1 aliphatic rings. The van der Waals surface area contributed by atoms with E-state index in [9.17, 15) is 22.0 Å². The number of halogens is 2. The first-order chi connectivity index (χ1) is 20.2. The molecule has 42 heavy (non-hydrogen) atoms. The Hall–Kier alpha value is -4.45. The number of aromatic amines is 1. The molecule has 0 aliphatic carbocycles. The van der Waals surface area contributed by atoms with Crippen molar-refractivity contribution in [3.8, 4) is 11.3 Å². The number of benzene rings is 3. The van der Waals surface area contributed by atoms with Crippen molar-refractivity contribution in [3.63, 3.8) is 0 Å². The highest BCUT2D eigenvalue weighted by Crippen LogP contribution is 2.41. The van der Waals surface area contributed by atoms with Gasteiger partial charge in [-0.3, -0.25) is 9.52 Å². The van der Waals surface area contributed by atoms with Gasteiger partial charge in [0.05, 0.1) is 22.5 Å². The summed E-state index contributed by atoms with van der Waals surface area (Å²) in [5.74, 6) is -0.736. The lowest BCUT2D eigenvalue weighted by Gasteiger charge is -2.33. The van der Waals surface area contributed by atoms with Crippen molar-refractivity contribution in [2.75, 3.05) is 35.5 Å². The number of nitrogens with one attached hydrogen (secondary N) is 3. The Morgan fingerprint density at radius 1 is 1.17 bits per heavy atom. The van der Waals surface area contributed by atoms with Crippen LogP contribution in [0.15, 0.2) is 59.0 Å². The molecule has 5 aromatic rings. The van der Waals surface area contributed by atoms with Crippen LogP contribution in [-0.2, 0) is 10.0 Å². The Morgan fingerprint density at radius 2 is 1.95 bits per heavy atom. The van der Waals surface area contributed by atoms with Crippen molar-refractivity contribution in [1.29, 1.82) is 0 Å². The fraction of sp³-hybridized carbons (Fsp3) is 0.267. The molecule has 1 saturated heterocycles. The van der Waals surface area contributed by atoms with E-state index in [1.54, 1.807) is 31.2 Å². The first-order valence-electron chi connectivity index (χ1n) is 13.7. The molecular formula is C30H29F2N5O4S. The fourth-order valence-electron chi connectivity index (χ4n) is 5.54. The molecular weight excluding hydrogens is 564 g/mol. The molecule has 3 N–H and O–H groups in total. The minimum absolute atomic E-state index is 0.131. The number of furan rings is 1. The highest BCUT2D eigenvalue weighted by atomic mass is 32.2. The van der Waals surface area contributed by atoms with Crippen LogP contribution < -0.4 is 14.9 Å². The molecule has 1 atom stereocenters. The smallest absolute Gasteiger partial charge is 0.255 e. The van der Waals surface area contributed by atoms with Crippen LogP contribution in [0.3, 0.4) is 0 Å². The standard InChI is InChI=1S/C30H29F2N5O4S/c1-3-42(39,40)36-24-15-25-21(26(29(38)33-2)28(41-25)17-9-11-19(31)12-10-17)14-20(24)18-6-5-13-37(16-18)30-34-23-8-4-7-22(32)27(23)35-30/h4,7-12,14-15,18,36H,3,5-6,13,16H2,1-2H3,(H,33,38)(H,34,35). The Bertz CT molecular complexity index is 1920. The molecule has 1 unspecified atom stereocenters. The van der Waals surface area contributed by atoms with Gasteiger partial charge < -0.3 is 19.6 Å². The van der Waals surface area contributed by atoms with Crippen molar-refractivity contribution in [1.82, 2.24) is 15.3 Å². The number of amides is 1. The molecule has 0 radical (unpaired) electrons. The number of fused-ring (bicyclic) bond motifs is 2.